The zero-order valence-corrected chi connectivity index (χ0v) is 19.0. The number of carbonyl (C=O) groups is 1. The third-order valence-electron chi connectivity index (χ3n) is 4.44. The number of fused-ring (bicyclic) bond motifs is 1. The van der Waals surface area contributed by atoms with Gasteiger partial charge in [-0.25, -0.2) is 9.78 Å². The molecule has 0 aliphatic rings. The number of esters is 1. The quantitative estimate of drug-likeness (QED) is 0.264. The molecule has 0 spiro atoms. The fourth-order valence-corrected chi connectivity index (χ4v) is 3.39. The highest BCUT2D eigenvalue weighted by atomic mass is 79.9. The first-order chi connectivity index (χ1) is 14.7. The highest BCUT2D eigenvalue weighted by molar-refractivity contribution is 9.10. The van der Waals surface area contributed by atoms with E-state index in [1.165, 1.54) is 0 Å². The van der Waals surface area contributed by atoms with E-state index in [0.29, 0.717) is 22.7 Å². The number of H-pyrrole nitrogens is 1. The average molecular weight is 480 g/mol. The summed E-state index contributed by atoms with van der Waals surface area (Å²) in [4.78, 5) is 20.1. The van der Waals surface area contributed by atoms with Gasteiger partial charge in [-0.15, -0.1) is 0 Å². The standard InChI is InChI=1S/C24H22BrN3O3/c1-24(2,3)31-23(29)14-4-8-17(9-5-14)30-21-11-6-15(12-18(21)26)22-27-19-10-7-16(25)13-20(19)28-22/h4-13H,26H2,1-3H3,(H,27,28). The largest absolute Gasteiger partial charge is 0.456 e. The summed E-state index contributed by atoms with van der Waals surface area (Å²) in [6.45, 7) is 5.50. The van der Waals surface area contributed by atoms with Crippen LogP contribution in [0.3, 0.4) is 0 Å². The number of nitrogens with two attached hydrogens (primary N) is 1. The minimum atomic E-state index is -0.543. The summed E-state index contributed by atoms with van der Waals surface area (Å²) in [6, 6.07) is 18.1. The second-order valence-corrected chi connectivity index (χ2v) is 9.04. The molecule has 0 saturated heterocycles. The Labute approximate surface area is 188 Å². The van der Waals surface area contributed by atoms with Crippen LogP contribution in [-0.4, -0.2) is 21.5 Å². The number of aromatic nitrogens is 2. The number of imidazole rings is 1. The Bertz CT molecular complexity index is 1260. The van der Waals surface area contributed by atoms with E-state index in [2.05, 4.69) is 25.9 Å². The highest BCUT2D eigenvalue weighted by Gasteiger charge is 2.18. The fraction of sp³-hybridized carbons (Fsp3) is 0.167. The molecular formula is C24H22BrN3O3. The van der Waals surface area contributed by atoms with Gasteiger partial charge in [0.2, 0.25) is 0 Å². The van der Waals surface area contributed by atoms with Crippen LogP contribution < -0.4 is 10.5 Å². The van der Waals surface area contributed by atoms with Crippen LogP contribution in [0.1, 0.15) is 31.1 Å². The maximum atomic E-state index is 12.1. The number of nitrogens with zero attached hydrogens (tertiary/aromatic N) is 1. The zero-order chi connectivity index (χ0) is 22.2. The number of benzene rings is 3. The second kappa shape index (κ2) is 8.07. The van der Waals surface area contributed by atoms with Gasteiger partial charge < -0.3 is 20.2 Å². The first-order valence-corrected chi connectivity index (χ1v) is 10.5. The van der Waals surface area contributed by atoms with E-state index < -0.39 is 5.60 Å². The fourth-order valence-electron chi connectivity index (χ4n) is 3.03. The lowest BCUT2D eigenvalue weighted by molar-refractivity contribution is 0.00695. The molecule has 0 unspecified atom stereocenters. The van der Waals surface area contributed by atoms with Gasteiger partial charge in [0.25, 0.3) is 0 Å². The minimum absolute atomic E-state index is 0.374. The van der Waals surface area contributed by atoms with Crippen molar-refractivity contribution in [3.8, 4) is 22.9 Å². The maximum absolute atomic E-state index is 12.1. The van der Waals surface area contributed by atoms with Crippen molar-refractivity contribution in [2.24, 2.45) is 0 Å². The number of nitrogens with one attached hydrogen (secondary N) is 1. The van der Waals surface area contributed by atoms with E-state index in [-0.39, 0.29) is 5.97 Å². The van der Waals surface area contributed by atoms with Crippen molar-refractivity contribution in [3.05, 3.63) is 70.7 Å². The Kier molecular flexibility index (Phi) is 5.45. The molecule has 0 atom stereocenters. The number of carbonyl (C=O) groups excluding carboxylic acids is 1. The molecule has 3 N–H and O–H groups in total. The lowest BCUT2D eigenvalue weighted by Crippen LogP contribution is -2.23. The van der Waals surface area contributed by atoms with Gasteiger partial charge in [0.05, 0.1) is 22.3 Å². The average Bonchev–Trinajstić information content (AvgIpc) is 3.12. The summed E-state index contributed by atoms with van der Waals surface area (Å²) < 4.78 is 12.3. The molecular weight excluding hydrogens is 458 g/mol. The predicted molar refractivity (Wildman–Crippen MR) is 125 cm³/mol. The van der Waals surface area contributed by atoms with E-state index >= 15 is 0 Å². The van der Waals surface area contributed by atoms with Crippen LogP contribution in [0.25, 0.3) is 22.4 Å². The Morgan fingerprint density at radius 2 is 1.77 bits per heavy atom. The van der Waals surface area contributed by atoms with Gasteiger partial charge in [-0.3, -0.25) is 0 Å². The van der Waals surface area contributed by atoms with Crippen LogP contribution in [-0.2, 0) is 4.74 Å². The molecule has 6 nitrogen and oxygen atoms in total. The van der Waals surface area contributed by atoms with Crippen LogP contribution in [0.2, 0.25) is 0 Å². The number of hydrogen-bond donors (Lipinski definition) is 2. The SMILES string of the molecule is CC(C)(C)OC(=O)c1ccc(Oc2ccc(-c3nc4ccc(Br)cc4[nH]3)cc2N)cc1. The molecule has 31 heavy (non-hydrogen) atoms. The van der Waals surface area contributed by atoms with Crippen molar-refractivity contribution in [2.75, 3.05) is 5.73 Å². The summed E-state index contributed by atoms with van der Waals surface area (Å²) in [5, 5.41) is 0. The molecule has 0 radical (unpaired) electrons. The van der Waals surface area contributed by atoms with Gasteiger partial charge in [-0.1, -0.05) is 15.9 Å². The van der Waals surface area contributed by atoms with Crippen molar-refractivity contribution < 1.29 is 14.3 Å². The summed E-state index contributed by atoms with van der Waals surface area (Å²) >= 11 is 3.47. The number of aromatic amines is 1. The molecule has 0 aliphatic carbocycles. The van der Waals surface area contributed by atoms with E-state index in [1.54, 1.807) is 30.3 Å². The Hall–Kier alpha value is -3.32. The maximum Gasteiger partial charge on any atom is 0.338 e. The van der Waals surface area contributed by atoms with E-state index in [9.17, 15) is 4.79 Å². The van der Waals surface area contributed by atoms with Gasteiger partial charge >= 0.3 is 5.97 Å². The number of ether oxygens (including phenoxy) is 2. The molecule has 158 valence electrons. The third kappa shape index (κ3) is 4.88. The van der Waals surface area contributed by atoms with Crippen molar-refractivity contribution >= 4 is 38.6 Å². The molecule has 1 heterocycles. The number of hydrogen-bond acceptors (Lipinski definition) is 5. The van der Waals surface area contributed by atoms with E-state index in [1.807, 2.05) is 51.1 Å². The molecule has 4 aromatic rings. The Morgan fingerprint density at radius 1 is 1.03 bits per heavy atom. The van der Waals surface area contributed by atoms with Gasteiger partial charge in [0.1, 0.15) is 22.9 Å². The zero-order valence-electron chi connectivity index (χ0n) is 17.4. The van der Waals surface area contributed by atoms with Crippen molar-refractivity contribution in [1.82, 2.24) is 9.97 Å². The van der Waals surface area contributed by atoms with Crippen molar-refractivity contribution in [3.63, 3.8) is 0 Å². The molecule has 0 fully saturated rings. The third-order valence-corrected chi connectivity index (χ3v) is 4.94. The molecule has 0 aliphatic heterocycles. The Balaban J connectivity index is 1.51. The molecule has 0 saturated carbocycles. The van der Waals surface area contributed by atoms with Crippen molar-refractivity contribution in [2.45, 2.75) is 26.4 Å². The lowest BCUT2D eigenvalue weighted by Gasteiger charge is -2.19. The number of halogens is 1. The second-order valence-electron chi connectivity index (χ2n) is 8.13. The smallest absolute Gasteiger partial charge is 0.338 e. The number of nitrogen functional groups attached to an aromatic ring is 1. The lowest BCUT2D eigenvalue weighted by atomic mass is 10.1. The van der Waals surface area contributed by atoms with Crippen molar-refractivity contribution in [1.29, 1.82) is 0 Å². The van der Waals surface area contributed by atoms with Crippen LogP contribution in [0.15, 0.2) is 65.1 Å². The van der Waals surface area contributed by atoms with Crippen LogP contribution in [0, 0.1) is 0 Å². The topological polar surface area (TPSA) is 90.2 Å². The monoisotopic (exact) mass is 479 g/mol. The van der Waals surface area contributed by atoms with Gasteiger partial charge in [-0.05, 0) is 81.4 Å². The number of rotatable bonds is 4. The first-order valence-electron chi connectivity index (χ1n) is 9.74. The van der Waals surface area contributed by atoms with Gasteiger partial charge in [0, 0.05) is 10.0 Å². The molecule has 1 aromatic heterocycles. The van der Waals surface area contributed by atoms with E-state index in [4.69, 9.17) is 15.2 Å². The molecule has 4 rings (SSSR count). The Morgan fingerprint density at radius 3 is 2.45 bits per heavy atom. The van der Waals surface area contributed by atoms with Crippen LogP contribution in [0.4, 0.5) is 5.69 Å². The van der Waals surface area contributed by atoms with Crippen LogP contribution >= 0.6 is 15.9 Å². The molecule has 0 amide bonds. The highest BCUT2D eigenvalue weighted by Crippen LogP contribution is 2.32. The summed E-state index contributed by atoms with van der Waals surface area (Å²) in [5.41, 5.74) is 9.30. The minimum Gasteiger partial charge on any atom is -0.456 e. The summed E-state index contributed by atoms with van der Waals surface area (Å²) in [5.74, 6) is 1.45. The summed E-state index contributed by atoms with van der Waals surface area (Å²) in [7, 11) is 0. The summed E-state index contributed by atoms with van der Waals surface area (Å²) in [6.07, 6.45) is 0. The van der Waals surface area contributed by atoms with Crippen LogP contribution in [0.5, 0.6) is 11.5 Å². The molecule has 7 heteroatoms. The van der Waals surface area contributed by atoms with Gasteiger partial charge in [-0.2, -0.15) is 0 Å². The first kappa shape index (κ1) is 20.9. The van der Waals surface area contributed by atoms with E-state index in [0.717, 1.165) is 26.9 Å². The molecule has 0 bridgehead atoms. The van der Waals surface area contributed by atoms with Gasteiger partial charge in [0.15, 0.2) is 0 Å². The number of anilines is 1. The predicted octanol–water partition coefficient (Wildman–Crippen LogP) is 6.32. The molecule has 3 aromatic carbocycles. The normalized spacial score (nSPS) is 11.5.